The number of hydrogen-bond donors (Lipinski definition) is 0. The maximum Gasteiger partial charge on any atom is 0.194 e. The molecule has 0 N–H and O–H groups in total. The van der Waals surface area contributed by atoms with E-state index in [2.05, 4.69) is 72.1 Å². The first-order valence-corrected chi connectivity index (χ1v) is 10.2. The predicted octanol–water partition coefficient (Wildman–Crippen LogP) is 6.14. The highest BCUT2D eigenvalue weighted by atomic mass is 32.1. The van der Waals surface area contributed by atoms with Crippen molar-refractivity contribution in [1.29, 1.82) is 0 Å². The Morgan fingerprint density at radius 2 is 2.04 bits per heavy atom. The standard InChI is InChI=1S/C22H26N2S/c1-4-22(2,3)18-10-11-19-17(14-18)15-20(16-8-6-5-7-9-16)24(19)21-23-12-13-25-21/h5-9,12-13,15,18H,4,10-11,14H2,1-3H3. The van der Waals surface area contributed by atoms with Gasteiger partial charge in [0.1, 0.15) is 0 Å². The van der Waals surface area contributed by atoms with Crippen LogP contribution in [0.25, 0.3) is 16.4 Å². The first-order chi connectivity index (χ1) is 12.1. The highest BCUT2D eigenvalue weighted by Crippen LogP contribution is 2.42. The highest BCUT2D eigenvalue weighted by Gasteiger charge is 2.33. The van der Waals surface area contributed by atoms with Crippen molar-refractivity contribution in [3.8, 4) is 16.4 Å². The molecule has 2 nitrogen and oxygen atoms in total. The topological polar surface area (TPSA) is 17.8 Å². The summed E-state index contributed by atoms with van der Waals surface area (Å²) >= 11 is 1.73. The zero-order valence-electron chi connectivity index (χ0n) is 15.3. The quantitative estimate of drug-likeness (QED) is 0.552. The van der Waals surface area contributed by atoms with Crippen LogP contribution in [-0.4, -0.2) is 9.55 Å². The van der Waals surface area contributed by atoms with E-state index in [9.17, 15) is 0 Å². The predicted molar refractivity (Wildman–Crippen MR) is 106 cm³/mol. The van der Waals surface area contributed by atoms with Crippen LogP contribution in [0.3, 0.4) is 0 Å². The van der Waals surface area contributed by atoms with Gasteiger partial charge >= 0.3 is 0 Å². The lowest BCUT2D eigenvalue weighted by atomic mass is 9.69. The van der Waals surface area contributed by atoms with E-state index in [0.717, 1.165) is 17.5 Å². The molecule has 1 aromatic carbocycles. The zero-order valence-corrected chi connectivity index (χ0v) is 16.1. The first kappa shape index (κ1) is 16.6. The van der Waals surface area contributed by atoms with Crippen molar-refractivity contribution in [2.75, 3.05) is 0 Å². The number of fused-ring (bicyclic) bond motifs is 1. The van der Waals surface area contributed by atoms with Gasteiger partial charge in [0, 0.05) is 17.3 Å². The summed E-state index contributed by atoms with van der Waals surface area (Å²) in [7, 11) is 0. The maximum atomic E-state index is 4.62. The first-order valence-electron chi connectivity index (χ1n) is 9.29. The third-order valence-electron chi connectivity index (χ3n) is 6.08. The number of benzene rings is 1. The molecule has 0 saturated heterocycles. The molecule has 0 amide bonds. The molecule has 2 aromatic heterocycles. The normalized spacial score (nSPS) is 17.5. The van der Waals surface area contributed by atoms with Crippen LogP contribution in [0.15, 0.2) is 48.0 Å². The largest absolute Gasteiger partial charge is 0.289 e. The van der Waals surface area contributed by atoms with Gasteiger partial charge in [0.05, 0.1) is 5.69 Å². The van der Waals surface area contributed by atoms with E-state index in [1.807, 2.05) is 6.20 Å². The summed E-state index contributed by atoms with van der Waals surface area (Å²) in [5, 5.41) is 3.16. The molecule has 1 aliphatic carbocycles. The van der Waals surface area contributed by atoms with Gasteiger partial charge in [-0.05, 0) is 47.8 Å². The monoisotopic (exact) mass is 350 g/mol. The molecule has 130 valence electrons. The van der Waals surface area contributed by atoms with Crippen molar-refractivity contribution in [3.63, 3.8) is 0 Å². The Bertz CT molecular complexity index is 844. The summed E-state index contributed by atoms with van der Waals surface area (Å²) in [6.07, 6.45) is 6.76. The molecular weight excluding hydrogens is 324 g/mol. The summed E-state index contributed by atoms with van der Waals surface area (Å²) < 4.78 is 2.41. The molecule has 0 spiro atoms. The second kappa shape index (κ2) is 6.45. The maximum absolute atomic E-state index is 4.62. The molecule has 2 heterocycles. The zero-order chi connectivity index (χ0) is 17.4. The third kappa shape index (κ3) is 2.95. The average Bonchev–Trinajstić information content (AvgIpc) is 3.28. The van der Waals surface area contributed by atoms with Crippen LogP contribution in [-0.2, 0) is 12.8 Å². The fourth-order valence-electron chi connectivity index (χ4n) is 4.05. The number of rotatable bonds is 4. The lowest BCUT2D eigenvalue weighted by molar-refractivity contribution is 0.182. The van der Waals surface area contributed by atoms with Gasteiger partial charge in [-0.1, -0.05) is 57.5 Å². The molecule has 3 aromatic rings. The van der Waals surface area contributed by atoms with Gasteiger partial charge in [-0.2, -0.15) is 0 Å². The Kier molecular flexibility index (Phi) is 4.28. The van der Waals surface area contributed by atoms with E-state index >= 15 is 0 Å². The summed E-state index contributed by atoms with van der Waals surface area (Å²) in [6.45, 7) is 7.18. The van der Waals surface area contributed by atoms with Gasteiger partial charge in [-0.15, -0.1) is 11.3 Å². The molecule has 1 aliphatic rings. The minimum Gasteiger partial charge on any atom is -0.289 e. The molecule has 0 aliphatic heterocycles. The summed E-state index contributed by atoms with van der Waals surface area (Å²) in [5.74, 6) is 0.765. The molecule has 25 heavy (non-hydrogen) atoms. The van der Waals surface area contributed by atoms with Crippen molar-refractivity contribution in [2.24, 2.45) is 11.3 Å². The molecule has 4 rings (SSSR count). The minimum absolute atomic E-state index is 0.411. The van der Waals surface area contributed by atoms with Gasteiger partial charge in [-0.25, -0.2) is 4.98 Å². The molecule has 3 heteroatoms. The Labute approximate surface area is 154 Å². The third-order valence-corrected chi connectivity index (χ3v) is 6.84. The minimum atomic E-state index is 0.411. The number of hydrogen-bond acceptors (Lipinski definition) is 2. The number of nitrogens with zero attached hydrogens (tertiary/aromatic N) is 2. The van der Waals surface area contributed by atoms with E-state index in [-0.39, 0.29) is 0 Å². The Morgan fingerprint density at radius 1 is 1.24 bits per heavy atom. The van der Waals surface area contributed by atoms with Gasteiger partial charge in [0.2, 0.25) is 0 Å². The highest BCUT2D eigenvalue weighted by molar-refractivity contribution is 7.12. The smallest absolute Gasteiger partial charge is 0.194 e. The van der Waals surface area contributed by atoms with Crippen LogP contribution in [0.1, 0.15) is 44.9 Å². The molecule has 1 atom stereocenters. The van der Waals surface area contributed by atoms with Crippen LogP contribution in [0.4, 0.5) is 0 Å². The van der Waals surface area contributed by atoms with Crippen molar-refractivity contribution >= 4 is 11.3 Å². The number of thiazole rings is 1. The molecule has 1 unspecified atom stereocenters. The lowest BCUT2D eigenvalue weighted by Crippen LogP contribution is -2.29. The van der Waals surface area contributed by atoms with Gasteiger partial charge in [0.25, 0.3) is 0 Å². The SMILES string of the molecule is CCC(C)(C)C1CCc2c(cc(-c3ccccc3)n2-c2nccs2)C1. The van der Waals surface area contributed by atoms with Crippen LogP contribution in [0, 0.1) is 11.3 Å². The van der Waals surface area contributed by atoms with Crippen molar-refractivity contribution in [2.45, 2.75) is 46.5 Å². The van der Waals surface area contributed by atoms with Crippen molar-refractivity contribution in [1.82, 2.24) is 9.55 Å². The van der Waals surface area contributed by atoms with Gasteiger partial charge in [-0.3, -0.25) is 4.57 Å². The Balaban J connectivity index is 1.82. The van der Waals surface area contributed by atoms with E-state index < -0.39 is 0 Å². The molecule has 0 saturated carbocycles. The second-order valence-corrected chi connectivity index (χ2v) is 8.67. The van der Waals surface area contributed by atoms with Crippen LogP contribution in [0.5, 0.6) is 0 Å². The molecule has 0 radical (unpaired) electrons. The molecule has 0 bridgehead atoms. The van der Waals surface area contributed by atoms with Crippen molar-refractivity contribution in [3.05, 3.63) is 59.2 Å². The lowest BCUT2D eigenvalue weighted by Gasteiger charge is -2.36. The van der Waals surface area contributed by atoms with Gasteiger partial charge in [0.15, 0.2) is 5.13 Å². The van der Waals surface area contributed by atoms with E-state index in [1.54, 1.807) is 11.3 Å². The Morgan fingerprint density at radius 3 is 2.72 bits per heavy atom. The number of aromatic nitrogens is 2. The van der Waals surface area contributed by atoms with E-state index in [0.29, 0.717) is 5.41 Å². The summed E-state index contributed by atoms with van der Waals surface area (Å²) in [5.41, 5.74) is 5.96. The Hall–Kier alpha value is -1.87. The second-order valence-electron chi connectivity index (χ2n) is 7.80. The van der Waals surface area contributed by atoms with Crippen LogP contribution in [0.2, 0.25) is 0 Å². The average molecular weight is 351 g/mol. The molecular formula is C22H26N2S. The summed E-state index contributed by atoms with van der Waals surface area (Å²) in [6, 6.07) is 13.2. The van der Waals surface area contributed by atoms with E-state index in [1.165, 1.54) is 41.8 Å². The van der Waals surface area contributed by atoms with Crippen LogP contribution < -0.4 is 0 Å². The fraction of sp³-hybridized carbons (Fsp3) is 0.409. The molecule has 0 fully saturated rings. The summed E-state index contributed by atoms with van der Waals surface area (Å²) in [4.78, 5) is 4.62. The fourth-order valence-corrected chi connectivity index (χ4v) is 4.73. The van der Waals surface area contributed by atoms with Crippen LogP contribution >= 0.6 is 11.3 Å². The van der Waals surface area contributed by atoms with Gasteiger partial charge < -0.3 is 0 Å². The van der Waals surface area contributed by atoms with Crippen molar-refractivity contribution < 1.29 is 0 Å². The van der Waals surface area contributed by atoms with E-state index in [4.69, 9.17) is 0 Å².